The van der Waals surface area contributed by atoms with Gasteiger partial charge in [-0.2, -0.15) is 0 Å². The summed E-state index contributed by atoms with van der Waals surface area (Å²) in [5, 5.41) is 3.54. The molecule has 1 nitrogen and oxygen atoms in total. The van der Waals surface area contributed by atoms with Crippen LogP contribution in [0, 0.1) is 5.82 Å². The maximum Gasteiger partial charge on any atom is 0.146 e. The van der Waals surface area contributed by atoms with Crippen LogP contribution in [0.15, 0.2) is 34.1 Å². The van der Waals surface area contributed by atoms with E-state index in [2.05, 4.69) is 21.2 Å². The fraction of sp³-hybridized carbons (Fsp3) is 0.0909. The Bertz CT molecular complexity index is 500. The molecule has 0 spiro atoms. The van der Waals surface area contributed by atoms with Crippen LogP contribution in [-0.4, -0.2) is 0 Å². The van der Waals surface area contributed by atoms with E-state index in [4.69, 9.17) is 11.6 Å². The molecule has 1 aromatic carbocycles. The maximum absolute atomic E-state index is 13.4. The largest absolute Gasteiger partial charge is 0.378 e. The van der Waals surface area contributed by atoms with Crippen LogP contribution in [0.3, 0.4) is 0 Å². The summed E-state index contributed by atoms with van der Waals surface area (Å²) in [5.74, 6) is -0.292. The molecule has 84 valence electrons. The van der Waals surface area contributed by atoms with Crippen molar-refractivity contribution in [1.82, 2.24) is 0 Å². The zero-order chi connectivity index (χ0) is 11.5. The second kappa shape index (κ2) is 5.17. The second-order valence-electron chi connectivity index (χ2n) is 3.18. The van der Waals surface area contributed by atoms with Crippen molar-refractivity contribution < 1.29 is 4.39 Å². The minimum atomic E-state index is -0.292. The lowest BCUT2D eigenvalue weighted by Gasteiger charge is -2.06. The third-order valence-corrected chi connectivity index (χ3v) is 3.87. The monoisotopic (exact) mass is 319 g/mol. The lowest BCUT2D eigenvalue weighted by Crippen LogP contribution is -1.99. The number of halogens is 3. The summed E-state index contributed by atoms with van der Waals surface area (Å²) in [6, 6.07) is 8.43. The van der Waals surface area contributed by atoms with Gasteiger partial charge in [0.25, 0.3) is 0 Å². The van der Waals surface area contributed by atoms with Crippen molar-refractivity contribution in [2.75, 3.05) is 5.32 Å². The van der Waals surface area contributed by atoms with Crippen molar-refractivity contribution in [1.29, 1.82) is 0 Å². The number of anilines is 1. The van der Waals surface area contributed by atoms with Gasteiger partial charge >= 0.3 is 0 Å². The molecule has 1 N–H and O–H groups in total. The van der Waals surface area contributed by atoms with Crippen LogP contribution in [0.5, 0.6) is 0 Å². The molecule has 0 saturated heterocycles. The molecule has 0 aliphatic carbocycles. The Labute approximate surface area is 110 Å². The lowest BCUT2D eigenvalue weighted by molar-refractivity contribution is 0.630. The van der Waals surface area contributed by atoms with E-state index in [9.17, 15) is 4.39 Å². The zero-order valence-electron chi connectivity index (χ0n) is 8.14. The van der Waals surface area contributed by atoms with E-state index in [0.717, 1.165) is 8.66 Å². The quantitative estimate of drug-likeness (QED) is 0.847. The first-order chi connectivity index (χ1) is 7.65. The third kappa shape index (κ3) is 2.97. The number of thiophene rings is 1. The second-order valence-corrected chi connectivity index (χ2v) is 6.17. The Morgan fingerprint density at radius 3 is 2.81 bits per heavy atom. The third-order valence-electron chi connectivity index (χ3n) is 2.01. The van der Waals surface area contributed by atoms with E-state index < -0.39 is 0 Å². The Hall–Kier alpha value is -0.580. The highest BCUT2D eigenvalue weighted by Gasteiger charge is 2.03. The summed E-state index contributed by atoms with van der Waals surface area (Å²) in [6.07, 6.45) is 0. The van der Waals surface area contributed by atoms with Gasteiger partial charge in [0.05, 0.1) is 9.47 Å². The van der Waals surface area contributed by atoms with Gasteiger partial charge in [0.1, 0.15) is 5.82 Å². The van der Waals surface area contributed by atoms with Crippen molar-refractivity contribution in [3.63, 3.8) is 0 Å². The van der Waals surface area contributed by atoms with Crippen LogP contribution in [0.2, 0.25) is 5.02 Å². The van der Waals surface area contributed by atoms with Gasteiger partial charge in [-0.15, -0.1) is 11.3 Å². The van der Waals surface area contributed by atoms with Gasteiger partial charge in [0.15, 0.2) is 0 Å². The average molecular weight is 321 g/mol. The van der Waals surface area contributed by atoms with Gasteiger partial charge in [0, 0.05) is 16.4 Å². The molecule has 2 rings (SSSR count). The summed E-state index contributed by atoms with van der Waals surface area (Å²) >= 11 is 10.8. The van der Waals surface area contributed by atoms with Crippen molar-refractivity contribution >= 4 is 44.6 Å². The van der Waals surface area contributed by atoms with Crippen LogP contribution in [0.4, 0.5) is 10.1 Å². The molecule has 0 aliphatic rings. The topological polar surface area (TPSA) is 12.0 Å². The Kier molecular flexibility index (Phi) is 3.84. The SMILES string of the molecule is Fc1ccc(Cl)cc1NCc1ccc(Br)s1. The predicted molar refractivity (Wildman–Crippen MR) is 70.8 cm³/mol. The van der Waals surface area contributed by atoms with Crippen molar-refractivity contribution in [2.24, 2.45) is 0 Å². The minimum Gasteiger partial charge on any atom is -0.378 e. The number of rotatable bonds is 3. The normalized spacial score (nSPS) is 10.4. The molecule has 0 aliphatic heterocycles. The molecule has 1 heterocycles. The van der Waals surface area contributed by atoms with Crippen LogP contribution in [0.25, 0.3) is 0 Å². The molecular formula is C11H8BrClFNS. The van der Waals surface area contributed by atoms with Crippen LogP contribution in [0.1, 0.15) is 4.88 Å². The van der Waals surface area contributed by atoms with Crippen LogP contribution >= 0.6 is 38.9 Å². The number of nitrogens with one attached hydrogen (secondary N) is 1. The van der Waals surface area contributed by atoms with Crippen LogP contribution in [-0.2, 0) is 6.54 Å². The fourth-order valence-corrected chi connectivity index (χ4v) is 2.86. The first-order valence-electron chi connectivity index (χ1n) is 4.58. The van der Waals surface area contributed by atoms with Crippen molar-refractivity contribution in [3.8, 4) is 0 Å². The molecule has 0 bridgehead atoms. The Balaban J connectivity index is 2.07. The van der Waals surface area contributed by atoms with E-state index in [1.54, 1.807) is 17.4 Å². The van der Waals surface area contributed by atoms with E-state index in [1.165, 1.54) is 12.1 Å². The summed E-state index contributed by atoms with van der Waals surface area (Å²) in [6.45, 7) is 0.591. The molecule has 0 amide bonds. The maximum atomic E-state index is 13.4. The van der Waals surface area contributed by atoms with Gasteiger partial charge in [-0.1, -0.05) is 11.6 Å². The molecule has 1 aromatic heterocycles. The molecule has 2 aromatic rings. The lowest BCUT2D eigenvalue weighted by atomic mass is 10.3. The van der Waals surface area contributed by atoms with Gasteiger partial charge in [-0.3, -0.25) is 0 Å². The highest BCUT2D eigenvalue weighted by Crippen LogP contribution is 2.24. The fourth-order valence-electron chi connectivity index (χ4n) is 1.26. The van der Waals surface area contributed by atoms with Gasteiger partial charge < -0.3 is 5.32 Å². The Morgan fingerprint density at radius 2 is 2.12 bits per heavy atom. The highest BCUT2D eigenvalue weighted by molar-refractivity contribution is 9.11. The van der Waals surface area contributed by atoms with Crippen molar-refractivity contribution in [2.45, 2.75) is 6.54 Å². The van der Waals surface area contributed by atoms with Gasteiger partial charge in [-0.25, -0.2) is 4.39 Å². The molecule has 0 unspecified atom stereocenters. The molecule has 0 saturated carbocycles. The smallest absolute Gasteiger partial charge is 0.146 e. The number of hydrogen-bond acceptors (Lipinski definition) is 2. The number of benzene rings is 1. The van der Waals surface area contributed by atoms with E-state index >= 15 is 0 Å². The zero-order valence-corrected chi connectivity index (χ0v) is 11.3. The number of hydrogen-bond donors (Lipinski definition) is 1. The first-order valence-corrected chi connectivity index (χ1v) is 6.57. The molecule has 0 atom stereocenters. The average Bonchev–Trinajstić information content (AvgIpc) is 2.66. The van der Waals surface area contributed by atoms with Gasteiger partial charge in [0.2, 0.25) is 0 Å². The van der Waals surface area contributed by atoms with Gasteiger partial charge in [-0.05, 0) is 46.3 Å². The first kappa shape index (κ1) is 11.9. The molecule has 16 heavy (non-hydrogen) atoms. The highest BCUT2D eigenvalue weighted by atomic mass is 79.9. The molecular weight excluding hydrogens is 313 g/mol. The Morgan fingerprint density at radius 1 is 1.31 bits per heavy atom. The van der Waals surface area contributed by atoms with E-state index in [-0.39, 0.29) is 5.82 Å². The van der Waals surface area contributed by atoms with E-state index in [1.807, 2.05) is 12.1 Å². The molecule has 5 heteroatoms. The van der Waals surface area contributed by atoms with Crippen LogP contribution < -0.4 is 5.32 Å². The summed E-state index contributed by atoms with van der Waals surface area (Å²) in [7, 11) is 0. The predicted octanol–water partition coefficient (Wildman–Crippen LogP) is 4.92. The van der Waals surface area contributed by atoms with Crippen molar-refractivity contribution in [3.05, 3.63) is 49.8 Å². The summed E-state index contributed by atoms with van der Waals surface area (Å²) < 4.78 is 14.4. The van der Waals surface area contributed by atoms with E-state index in [0.29, 0.717) is 17.3 Å². The molecule has 0 radical (unpaired) electrons. The summed E-state index contributed by atoms with van der Waals surface area (Å²) in [5.41, 5.74) is 0.428. The molecule has 0 fully saturated rings. The standard InChI is InChI=1S/C11H8BrClFNS/c12-11-4-2-8(16-11)6-15-10-5-7(13)1-3-9(10)14/h1-5,15H,6H2. The summed E-state index contributed by atoms with van der Waals surface area (Å²) in [4.78, 5) is 1.13. The minimum absolute atomic E-state index is 0.292.